The van der Waals surface area contributed by atoms with Gasteiger partial charge in [0.2, 0.25) is 0 Å². The molecule has 0 aliphatic rings. The number of carbonyl (C=O) groups is 1. The summed E-state index contributed by atoms with van der Waals surface area (Å²) in [5, 5.41) is 12.3. The van der Waals surface area contributed by atoms with Gasteiger partial charge in [0.05, 0.1) is 24.5 Å². The number of pyridine rings is 1. The predicted octanol–water partition coefficient (Wildman–Crippen LogP) is 0.232. The van der Waals surface area contributed by atoms with Gasteiger partial charge in [-0.25, -0.2) is 0 Å². The number of amides is 1. The van der Waals surface area contributed by atoms with Gasteiger partial charge in [-0.05, 0) is 12.1 Å². The van der Waals surface area contributed by atoms with E-state index >= 15 is 0 Å². The molecule has 0 unspecified atom stereocenters. The van der Waals surface area contributed by atoms with Crippen LogP contribution in [-0.2, 0) is 6.54 Å². The second-order valence-corrected chi connectivity index (χ2v) is 4.07. The summed E-state index contributed by atoms with van der Waals surface area (Å²) in [6.07, 6.45) is 3.47. The van der Waals surface area contributed by atoms with Crippen molar-refractivity contribution in [1.82, 2.24) is 9.88 Å². The molecule has 0 aromatic carbocycles. The van der Waals surface area contributed by atoms with Crippen molar-refractivity contribution in [3.63, 3.8) is 0 Å². The fraction of sp³-hybridized carbons (Fsp3) is 0.231. The first-order valence-corrected chi connectivity index (χ1v) is 5.81. The average molecular weight is 262 g/mol. The molecule has 6 heteroatoms. The van der Waals surface area contributed by atoms with Crippen molar-refractivity contribution >= 4 is 5.91 Å². The fourth-order valence-corrected chi connectivity index (χ4v) is 1.61. The molecule has 100 valence electrons. The van der Waals surface area contributed by atoms with E-state index in [-0.39, 0.29) is 24.6 Å². The largest absolute Gasteiger partial charge is 0.472 e. The van der Waals surface area contributed by atoms with Gasteiger partial charge >= 0.3 is 0 Å². The number of hydrogen-bond acceptors (Lipinski definition) is 4. The van der Waals surface area contributed by atoms with Crippen LogP contribution in [0.15, 0.2) is 52.2 Å². The van der Waals surface area contributed by atoms with E-state index in [1.807, 2.05) is 0 Å². The van der Waals surface area contributed by atoms with Crippen LogP contribution in [0, 0.1) is 0 Å². The van der Waals surface area contributed by atoms with Gasteiger partial charge in [-0.15, -0.1) is 0 Å². The van der Waals surface area contributed by atoms with Crippen molar-refractivity contribution in [3.05, 3.63) is 58.9 Å². The first-order valence-electron chi connectivity index (χ1n) is 5.81. The highest BCUT2D eigenvalue weighted by molar-refractivity contribution is 5.93. The molecule has 2 heterocycles. The van der Waals surface area contributed by atoms with Crippen molar-refractivity contribution in [2.45, 2.75) is 12.6 Å². The number of aliphatic hydroxyl groups excluding tert-OH is 1. The lowest BCUT2D eigenvalue weighted by Crippen LogP contribution is -2.36. The molecule has 1 amide bonds. The number of aromatic nitrogens is 1. The second-order valence-electron chi connectivity index (χ2n) is 4.07. The number of nitrogens with one attached hydrogen (secondary N) is 1. The number of rotatable bonds is 5. The molecule has 0 aliphatic heterocycles. The Bertz CT molecular complexity index is 589. The Hall–Kier alpha value is -2.34. The molecule has 2 aromatic heterocycles. The van der Waals surface area contributed by atoms with Gasteiger partial charge in [-0.3, -0.25) is 9.59 Å². The third-order valence-corrected chi connectivity index (χ3v) is 2.59. The molecule has 0 fully saturated rings. The zero-order valence-corrected chi connectivity index (χ0v) is 10.2. The monoisotopic (exact) mass is 262 g/mol. The molecule has 0 saturated carbocycles. The Morgan fingerprint density at radius 2 is 2.26 bits per heavy atom. The second kappa shape index (κ2) is 6.01. The summed E-state index contributed by atoms with van der Waals surface area (Å²) in [5.74, 6) is -0.326. The van der Waals surface area contributed by atoms with E-state index in [9.17, 15) is 14.7 Å². The summed E-state index contributed by atoms with van der Waals surface area (Å²) in [7, 11) is 0. The van der Waals surface area contributed by atoms with Crippen LogP contribution < -0.4 is 10.9 Å². The van der Waals surface area contributed by atoms with Gasteiger partial charge in [-0.1, -0.05) is 6.07 Å². The summed E-state index contributed by atoms with van der Waals surface area (Å²) in [4.78, 5) is 23.0. The minimum atomic E-state index is -0.837. The molecule has 0 aliphatic carbocycles. The van der Waals surface area contributed by atoms with Crippen LogP contribution in [0.1, 0.15) is 10.4 Å². The molecule has 0 bridgehead atoms. The van der Waals surface area contributed by atoms with Crippen LogP contribution in [0.2, 0.25) is 0 Å². The van der Waals surface area contributed by atoms with Crippen molar-refractivity contribution in [1.29, 1.82) is 0 Å². The maximum absolute atomic E-state index is 11.6. The molecule has 0 saturated heterocycles. The highest BCUT2D eigenvalue weighted by Gasteiger charge is 2.10. The third-order valence-electron chi connectivity index (χ3n) is 2.59. The van der Waals surface area contributed by atoms with E-state index in [1.54, 1.807) is 18.3 Å². The van der Waals surface area contributed by atoms with E-state index in [0.717, 1.165) is 0 Å². The number of aliphatic hydroxyl groups is 1. The van der Waals surface area contributed by atoms with E-state index in [2.05, 4.69) is 5.32 Å². The van der Waals surface area contributed by atoms with Crippen LogP contribution in [-0.4, -0.2) is 28.2 Å². The SMILES string of the molecule is O=C(NC[C@@H](O)Cn1ccccc1=O)c1ccoc1. The van der Waals surface area contributed by atoms with Crippen molar-refractivity contribution in [3.8, 4) is 0 Å². The summed E-state index contributed by atoms with van der Waals surface area (Å²) < 4.78 is 6.17. The van der Waals surface area contributed by atoms with E-state index in [1.165, 1.54) is 29.2 Å². The van der Waals surface area contributed by atoms with E-state index in [4.69, 9.17) is 4.42 Å². The summed E-state index contributed by atoms with van der Waals surface area (Å²) in [5.41, 5.74) is 0.201. The maximum atomic E-state index is 11.6. The van der Waals surface area contributed by atoms with Gasteiger partial charge in [-0.2, -0.15) is 0 Å². The van der Waals surface area contributed by atoms with E-state index < -0.39 is 6.10 Å². The number of furan rings is 1. The molecular weight excluding hydrogens is 248 g/mol. The smallest absolute Gasteiger partial charge is 0.254 e. The van der Waals surface area contributed by atoms with Crippen LogP contribution in [0.25, 0.3) is 0 Å². The van der Waals surface area contributed by atoms with Gasteiger partial charge in [0.25, 0.3) is 11.5 Å². The molecule has 0 spiro atoms. The topological polar surface area (TPSA) is 84.5 Å². The standard InChI is InChI=1S/C13H14N2O4/c16-11(8-15-5-2-1-3-12(15)17)7-14-13(18)10-4-6-19-9-10/h1-6,9,11,16H,7-8H2,(H,14,18)/t11-/m1/s1. The summed E-state index contributed by atoms with van der Waals surface area (Å²) >= 11 is 0. The van der Waals surface area contributed by atoms with Gasteiger partial charge in [0.15, 0.2) is 0 Å². The van der Waals surface area contributed by atoms with E-state index in [0.29, 0.717) is 5.56 Å². The first-order chi connectivity index (χ1) is 9.16. The van der Waals surface area contributed by atoms with Gasteiger partial charge in [0, 0.05) is 18.8 Å². The molecule has 2 aromatic rings. The number of hydrogen-bond donors (Lipinski definition) is 2. The lowest BCUT2D eigenvalue weighted by molar-refractivity contribution is 0.0902. The number of carbonyl (C=O) groups excluding carboxylic acids is 1. The molecule has 6 nitrogen and oxygen atoms in total. The molecule has 2 rings (SSSR count). The van der Waals surface area contributed by atoms with Crippen molar-refractivity contribution in [2.24, 2.45) is 0 Å². The highest BCUT2D eigenvalue weighted by Crippen LogP contribution is 1.99. The zero-order valence-electron chi connectivity index (χ0n) is 10.2. The predicted molar refractivity (Wildman–Crippen MR) is 67.8 cm³/mol. The highest BCUT2D eigenvalue weighted by atomic mass is 16.3. The third kappa shape index (κ3) is 3.56. The Labute approximate surface area is 109 Å². The maximum Gasteiger partial charge on any atom is 0.254 e. The average Bonchev–Trinajstić information content (AvgIpc) is 2.93. The van der Waals surface area contributed by atoms with Crippen molar-refractivity contribution < 1.29 is 14.3 Å². The summed E-state index contributed by atoms with van der Waals surface area (Å²) in [6, 6.07) is 6.28. The quantitative estimate of drug-likeness (QED) is 0.808. The minimum absolute atomic E-state index is 0.0609. The fourth-order valence-electron chi connectivity index (χ4n) is 1.61. The lowest BCUT2D eigenvalue weighted by Gasteiger charge is -2.12. The molecule has 19 heavy (non-hydrogen) atoms. The lowest BCUT2D eigenvalue weighted by atomic mass is 10.3. The van der Waals surface area contributed by atoms with Gasteiger partial charge in [0.1, 0.15) is 6.26 Å². The molecule has 0 radical (unpaired) electrons. The molecular formula is C13H14N2O4. The zero-order chi connectivity index (χ0) is 13.7. The Morgan fingerprint density at radius 1 is 1.42 bits per heavy atom. The van der Waals surface area contributed by atoms with Crippen LogP contribution in [0.5, 0.6) is 0 Å². The van der Waals surface area contributed by atoms with Crippen LogP contribution >= 0.6 is 0 Å². The minimum Gasteiger partial charge on any atom is -0.472 e. The first kappa shape index (κ1) is 13.1. The Kier molecular flexibility index (Phi) is 4.15. The van der Waals surface area contributed by atoms with Crippen LogP contribution in [0.3, 0.4) is 0 Å². The van der Waals surface area contributed by atoms with Gasteiger partial charge < -0.3 is 19.4 Å². The molecule has 2 N–H and O–H groups in total. The van der Waals surface area contributed by atoms with Crippen LogP contribution in [0.4, 0.5) is 0 Å². The Morgan fingerprint density at radius 3 is 2.95 bits per heavy atom. The summed E-state index contributed by atoms with van der Waals surface area (Å²) in [6.45, 7) is 0.191. The molecule has 1 atom stereocenters. The van der Waals surface area contributed by atoms with Crippen molar-refractivity contribution in [2.75, 3.05) is 6.54 Å². The Balaban J connectivity index is 1.85. The normalized spacial score (nSPS) is 12.1. The number of nitrogens with zero attached hydrogens (tertiary/aromatic N) is 1.